The van der Waals surface area contributed by atoms with Gasteiger partial charge in [-0.1, -0.05) is 31.2 Å². The number of carbonyl (C=O) groups excluding carboxylic acids is 1. The van der Waals surface area contributed by atoms with Crippen LogP contribution in [-0.4, -0.2) is 45.7 Å². The average molecular weight is 291 g/mol. The van der Waals surface area contributed by atoms with Crippen molar-refractivity contribution >= 4 is 11.9 Å². The minimum absolute atomic E-state index is 0.0216. The number of rotatable bonds is 4. The van der Waals surface area contributed by atoms with E-state index < -0.39 is 11.6 Å². The van der Waals surface area contributed by atoms with Crippen molar-refractivity contribution in [1.82, 2.24) is 4.90 Å². The third-order valence-electron chi connectivity index (χ3n) is 4.13. The summed E-state index contributed by atoms with van der Waals surface area (Å²) >= 11 is 0. The highest BCUT2D eigenvalue weighted by Crippen LogP contribution is 2.23. The van der Waals surface area contributed by atoms with Gasteiger partial charge in [0.15, 0.2) is 5.60 Å². The van der Waals surface area contributed by atoms with Gasteiger partial charge in [-0.15, -0.1) is 0 Å². The molecule has 5 heteroatoms. The van der Waals surface area contributed by atoms with E-state index in [-0.39, 0.29) is 31.8 Å². The SMILES string of the molecule is CCc1ccc(CC(=O)N2CCC(O)(C(=O)O)CC2)cc1. The van der Waals surface area contributed by atoms with Crippen LogP contribution in [0.1, 0.15) is 30.9 Å². The molecule has 114 valence electrons. The Bertz CT molecular complexity index is 516. The molecule has 0 unspecified atom stereocenters. The van der Waals surface area contributed by atoms with Crippen molar-refractivity contribution in [1.29, 1.82) is 0 Å². The molecule has 0 radical (unpaired) electrons. The summed E-state index contributed by atoms with van der Waals surface area (Å²) in [5.41, 5.74) is 0.506. The van der Waals surface area contributed by atoms with Crippen LogP contribution in [0, 0.1) is 0 Å². The molecule has 0 bridgehead atoms. The van der Waals surface area contributed by atoms with Crippen LogP contribution < -0.4 is 0 Å². The van der Waals surface area contributed by atoms with E-state index in [0.29, 0.717) is 6.42 Å². The molecular formula is C16H21NO4. The Morgan fingerprint density at radius 1 is 1.14 bits per heavy atom. The summed E-state index contributed by atoms with van der Waals surface area (Å²) in [5, 5.41) is 18.8. The van der Waals surface area contributed by atoms with E-state index in [0.717, 1.165) is 12.0 Å². The Morgan fingerprint density at radius 2 is 1.67 bits per heavy atom. The minimum Gasteiger partial charge on any atom is -0.479 e. The van der Waals surface area contributed by atoms with Crippen LogP contribution in [-0.2, 0) is 22.4 Å². The number of carboxylic acids is 1. The zero-order valence-electron chi connectivity index (χ0n) is 12.2. The quantitative estimate of drug-likeness (QED) is 0.874. The molecule has 0 spiro atoms. The van der Waals surface area contributed by atoms with E-state index in [9.17, 15) is 14.7 Å². The van der Waals surface area contributed by atoms with Crippen LogP contribution in [0.5, 0.6) is 0 Å². The molecule has 1 amide bonds. The van der Waals surface area contributed by atoms with Gasteiger partial charge in [-0.05, 0) is 17.5 Å². The summed E-state index contributed by atoms with van der Waals surface area (Å²) in [6, 6.07) is 7.94. The first-order valence-corrected chi connectivity index (χ1v) is 7.26. The van der Waals surface area contributed by atoms with E-state index in [1.54, 1.807) is 4.90 Å². The van der Waals surface area contributed by atoms with Crippen LogP contribution >= 0.6 is 0 Å². The van der Waals surface area contributed by atoms with Crippen molar-refractivity contribution < 1.29 is 19.8 Å². The second-order valence-corrected chi connectivity index (χ2v) is 5.56. The number of aryl methyl sites for hydroxylation is 1. The van der Waals surface area contributed by atoms with Crippen molar-refractivity contribution in [3.05, 3.63) is 35.4 Å². The van der Waals surface area contributed by atoms with E-state index >= 15 is 0 Å². The smallest absolute Gasteiger partial charge is 0.335 e. The summed E-state index contributed by atoms with van der Waals surface area (Å²) < 4.78 is 0. The van der Waals surface area contributed by atoms with Gasteiger partial charge in [-0.3, -0.25) is 4.79 Å². The van der Waals surface area contributed by atoms with Gasteiger partial charge in [-0.2, -0.15) is 0 Å². The normalized spacial score (nSPS) is 17.5. The van der Waals surface area contributed by atoms with Crippen molar-refractivity contribution in [2.75, 3.05) is 13.1 Å². The van der Waals surface area contributed by atoms with Crippen molar-refractivity contribution in [3.63, 3.8) is 0 Å². The maximum Gasteiger partial charge on any atom is 0.335 e. The molecule has 2 N–H and O–H groups in total. The van der Waals surface area contributed by atoms with Gasteiger partial charge in [0.1, 0.15) is 0 Å². The number of amides is 1. The fourth-order valence-electron chi connectivity index (χ4n) is 2.52. The van der Waals surface area contributed by atoms with Crippen LogP contribution in [0.3, 0.4) is 0 Å². The maximum absolute atomic E-state index is 12.2. The summed E-state index contributed by atoms with van der Waals surface area (Å²) in [7, 11) is 0. The van der Waals surface area contributed by atoms with E-state index in [1.807, 2.05) is 24.3 Å². The predicted molar refractivity (Wildman–Crippen MR) is 77.9 cm³/mol. The zero-order chi connectivity index (χ0) is 15.5. The second kappa shape index (κ2) is 6.26. The Morgan fingerprint density at radius 3 is 2.14 bits per heavy atom. The summed E-state index contributed by atoms with van der Waals surface area (Å²) in [6.45, 7) is 2.65. The number of hydrogen-bond acceptors (Lipinski definition) is 3. The number of piperidine rings is 1. The molecule has 21 heavy (non-hydrogen) atoms. The van der Waals surface area contributed by atoms with Gasteiger partial charge in [0.2, 0.25) is 5.91 Å². The molecule has 1 fully saturated rings. The topological polar surface area (TPSA) is 77.8 Å². The first kappa shape index (κ1) is 15.5. The largest absolute Gasteiger partial charge is 0.479 e. The monoisotopic (exact) mass is 291 g/mol. The van der Waals surface area contributed by atoms with Gasteiger partial charge in [-0.25, -0.2) is 4.79 Å². The van der Waals surface area contributed by atoms with Crippen molar-refractivity contribution in [3.8, 4) is 0 Å². The fourth-order valence-corrected chi connectivity index (χ4v) is 2.52. The first-order valence-electron chi connectivity index (χ1n) is 7.26. The molecular weight excluding hydrogens is 270 g/mol. The number of likely N-dealkylation sites (tertiary alicyclic amines) is 1. The lowest BCUT2D eigenvalue weighted by atomic mass is 9.91. The maximum atomic E-state index is 12.2. The van der Waals surface area contributed by atoms with Crippen molar-refractivity contribution in [2.24, 2.45) is 0 Å². The fraction of sp³-hybridized carbons (Fsp3) is 0.500. The highest BCUT2D eigenvalue weighted by Gasteiger charge is 2.40. The summed E-state index contributed by atoms with van der Waals surface area (Å²) in [5.74, 6) is -1.23. The number of benzene rings is 1. The van der Waals surface area contributed by atoms with E-state index in [4.69, 9.17) is 5.11 Å². The van der Waals surface area contributed by atoms with E-state index in [1.165, 1.54) is 5.56 Å². The van der Waals surface area contributed by atoms with Gasteiger partial charge >= 0.3 is 5.97 Å². The highest BCUT2D eigenvalue weighted by molar-refractivity contribution is 5.80. The number of aliphatic carboxylic acids is 1. The second-order valence-electron chi connectivity index (χ2n) is 5.56. The third-order valence-corrected chi connectivity index (χ3v) is 4.13. The number of carbonyl (C=O) groups is 2. The molecule has 1 aromatic carbocycles. The molecule has 0 atom stereocenters. The molecule has 1 aliphatic rings. The summed E-state index contributed by atoms with van der Waals surface area (Å²) in [4.78, 5) is 24.8. The van der Waals surface area contributed by atoms with Crippen LogP contribution in [0.15, 0.2) is 24.3 Å². The molecule has 1 saturated heterocycles. The molecule has 1 aromatic rings. The van der Waals surface area contributed by atoms with Crippen LogP contribution in [0.2, 0.25) is 0 Å². The van der Waals surface area contributed by atoms with Crippen LogP contribution in [0.4, 0.5) is 0 Å². The molecule has 2 rings (SSSR count). The van der Waals surface area contributed by atoms with Gasteiger partial charge in [0.25, 0.3) is 0 Å². The number of hydrogen-bond donors (Lipinski definition) is 2. The number of carboxylic acid groups (broad SMARTS) is 1. The lowest BCUT2D eigenvalue weighted by molar-refractivity contribution is -0.165. The summed E-state index contributed by atoms with van der Waals surface area (Å²) in [6.07, 6.45) is 1.45. The zero-order valence-corrected chi connectivity index (χ0v) is 12.2. The Labute approximate surface area is 124 Å². The lowest BCUT2D eigenvalue weighted by Crippen LogP contribution is -2.51. The Balaban J connectivity index is 1.91. The van der Waals surface area contributed by atoms with Gasteiger partial charge in [0, 0.05) is 25.9 Å². The standard InChI is InChI=1S/C16H21NO4/c1-2-12-3-5-13(6-4-12)11-14(18)17-9-7-16(21,8-10-17)15(19)20/h3-6,21H,2,7-11H2,1H3,(H,19,20). The molecule has 5 nitrogen and oxygen atoms in total. The van der Waals surface area contributed by atoms with E-state index in [2.05, 4.69) is 6.92 Å². The lowest BCUT2D eigenvalue weighted by Gasteiger charge is -2.35. The molecule has 0 saturated carbocycles. The first-order chi connectivity index (χ1) is 9.94. The van der Waals surface area contributed by atoms with Gasteiger partial charge < -0.3 is 15.1 Å². The Kier molecular flexibility index (Phi) is 4.63. The third kappa shape index (κ3) is 3.61. The number of nitrogens with zero attached hydrogens (tertiary/aromatic N) is 1. The molecule has 0 aliphatic carbocycles. The molecule has 0 aromatic heterocycles. The molecule has 1 heterocycles. The van der Waals surface area contributed by atoms with Gasteiger partial charge in [0.05, 0.1) is 6.42 Å². The minimum atomic E-state index is -1.68. The van der Waals surface area contributed by atoms with Crippen molar-refractivity contribution in [2.45, 2.75) is 38.2 Å². The average Bonchev–Trinajstić information content (AvgIpc) is 2.48. The predicted octanol–water partition coefficient (Wildman–Crippen LogP) is 1.23. The highest BCUT2D eigenvalue weighted by atomic mass is 16.4. The van der Waals surface area contributed by atoms with Crippen LogP contribution in [0.25, 0.3) is 0 Å². The molecule has 1 aliphatic heterocycles. The Hall–Kier alpha value is -1.88. The number of aliphatic hydroxyl groups is 1.